The molecule has 0 aliphatic rings. The summed E-state index contributed by atoms with van der Waals surface area (Å²) in [5.74, 6) is 0.172. The van der Waals surface area contributed by atoms with Crippen LogP contribution < -0.4 is 15.8 Å². The van der Waals surface area contributed by atoms with Crippen molar-refractivity contribution in [3.8, 4) is 11.5 Å². The van der Waals surface area contributed by atoms with E-state index in [0.717, 1.165) is 0 Å². The van der Waals surface area contributed by atoms with Gasteiger partial charge in [0.1, 0.15) is 5.75 Å². The fraction of sp³-hybridized carbons (Fsp3) is 0.278. The molecule has 1 atom stereocenters. The van der Waals surface area contributed by atoms with Crippen molar-refractivity contribution in [1.82, 2.24) is 5.32 Å². The Morgan fingerprint density at radius 3 is 2.65 bits per heavy atom. The standard InChI is InChI=1S/C18H21FN2O2/c1-13(21-18(22)8-5-11-20)14-9-10-17(16(19)12-14)23-15-6-3-2-4-7-15/h2-4,6-7,9-10,12-13H,5,8,11,20H2,1H3,(H,21,22). The molecule has 0 spiro atoms. The highest BCUT2D eigenvalue weighted by atomic mass is 19.1. The molecule has 3 N–H and O–H groups in total. The number of para-hydroxylation sites is 1. The van der Waals surface area contributed by atoms with E-state index in [1.165, 1.54) is 6.07 Å². The third-order valence-corrected chi connectivity index (χ3v) is 3.41. The second kappa shape index (κ2) is 8.29. The van der Waals surface area contributed by atoms with Gasteiger partial charge >= 0.3 is 0 Å². The average molecular weight is 316 g/mol. The molecule has 0 saturated carbocycles. The Bertz CT molecular complexity index is 647. The Kier molecular flexibility index (Phi) is 6.11. The van der Waals surface area contributed by atoms with Crippen molar-refractivity contribution in [3.05, 3.63) is 59.9 Å². The molecule has 0 radical (unpaired) electrons. The Hall–Kier alpha value is -2.40. The first-order valence-electron chi connectivity index (χ1n) is 7.62. The van der Waals surface area contributed by atoms with Gasteiger partial charge in [-0.05, 0) is 49.7 Å². The molecule has 122 valence electrons. The zero-order valence-electron chi connectivity index (χ0n) is 13.1. The van der Waals surface area contributed by atoms with Crippen LogP contribution in [0.4, 0.5) is 4.39 Å². The largest absolute Gasteiger partial charge is 0.454 e. The summed E-state index contributed by atoms with van der Waals surface area (Å²) < 4.78 is 19.7. The van der Waals surface area contributed by atoms with E-state index in [0.29, 0.717) is 30.7 Å². The maximum Gasteiger partial charge on any atom is 0.220 e. The zero-order valence-corrected chi connectivity index (χ0v) is 13.1. The molecule has 4 nitrogen and oxygen atoms in total. The van der Waals surface area contributed by atoms with Gasteiger partial charge in [0.05, 0.1) is 6.04 Å². The number of carbonyl (C=O) groups is 1. The van der Waals surface area contributed by atoms with Gasteiger partial charge in [-0.25, -0.2) is 4.39 Å². The van der Waals surface area contributed by atoms with Crippen LogP contribution in [0.5, 0.6) is 11.5 Å². The van der Waals surface area contributed by atoms with Crippen LogP contribution in [-0.2, 0) is 4.79 Å². The van der Waals surface area contributed by atoms with E-state index >= 15 is 0 Å². The third-order valence-electron chi connectivity index (χ3n) is 3.41. The SMILES string of the molecule is CC(NC(=O)CCCN)c1ccc(Oc2ccccc2)c(F)c1. The lowest BCUT2D eigenvalue weighted by atomic mass is 10.1. The molecule has 5 heteroatoms. The van der Waals surface area contributed by atoms with Gasteiger partial charge in [-0.3, -0.25) is 4.79 Å². The third kappa shape index (κ3) is 5.07. The lowest BCUT2D eigenvalue weighted by Gasteiger charge is -2.15. The summed E-state index contributed by atoms with van der Waals surface area (Å²) >= 11 is 0. The van der Waals surface area contributed by atoms with Crippen molar-refractivity contribution in [2.75, 3.05) is 6.54 Å². The van der Waals surface area contributed by atoms with E-state index in [9.17, 15) is 9.18 Å². The first kappa shape index (κ1) is 17.0. The van der Waals surface area contributed by atoms with Crippen LogP contribution in [0.1, 0.15) is 31.4 Å². The van der Waals surface area contributed by atoms with Crippen molar-refractivity contribution in [2.24, 2.45) is 5.73 Å². The summed E-state index contributed by atoms with van der Waals surface area (Å²) in [6, 6.07) is 13.4. The highest BCUT2D eigenvalue weighted by Gasteiger charge is 2.12. The van der Waals surface area contributed by atoms with Crippen molar-refractivity contribution >= 4 is 5.91 Å². The number of nitrogens with two attached hydrogens (primary N) is 1. The smallest absolute Gasteiger partial charge is 0.220 e. The van der Waals surface area contributed by atoms with Crippen molar-refractivity contribution in [3.63, 3.8) is 0 Å². The molecular formula is C18H21FN2O2. The lowest BCUT2D eigenvalue weighted by molar-refractivity contribution is -0.121. The quantitative estimate of drug-likeness (QED) is 0.821. The summed E-state index contributed by atoms with van der Waals surface area (Å²) in [7, 11) is 0. The van der Waals surface area contributed by atoms with Gasteiger partial charge in [0.2, 0.25) is 5.91 Å². The van der Waals surface area contributed by atoms with Gasteiger partial charge < -0.3 is 15.8 Å². The summed E-state index contributed by atoms with van der Waals surface area (Å²) in [6.07, 6.45) is 1.01. The predicted octanol–water partition coefficient (Wildman–Crippen LogP) is 3.53. The van der Waals surface area contributed by atoms with Crippen LogP contribution in [0.2, 0.25) is 0 Å². The molecule has 1 amide bonds. The number of amides is 1. The summed E-state index contributed by atoms with van der Waals surface area (Å²) in [4.78, 5) is 11.7. The first-order chi connectivity index (χ1) is 11.1. The molecular weight excluding hydrogens is 295 g/mol. The van der Waals surface area contributed by atoms with E-state index in [-0.39, 0.29) is 17.7 Å². The Labute approximate surface area is 135 Å². The minimum absolute atomic E-state index is 0.0898. The van der Waals surface area contributed by atoms with Crippen molar-refractivity contribution < 1.29 is 13.9 Å². The minimum atomic E-state index is -0.464. The average Bonchev–Trinajstić information content (AvgIpc) is 2.55. The fourth-order valence-corrected chi connectivity index (χ4v) is 2.14. The van der Waals surface area contributed by atoms with E-state index in [1.54, 1.807) is 24.3 Å². The highest BCUT2D eigenvalue weighted by molar-refractivity contribution is 5.76. The normalized spacial score (nSPS) is 11.8. The number of halogens is 1. The molecule has 0 fully saturated rings. The molecule has 23 heavy (non-hydrogen) atoms. The molecule has 2 aromatic rings. The van der Waals surface area contributed by atoms with Crippen LogP contribution in [0.15, 0.2) is 48.5 Å². The van der Waals surface area contributed by atoms with E-state index < -0.39 is 5.82 Å². The van der Waals surface area contributed by atoms with Crippen LogP contribution in [-0.4, -0.2) is 12.5 Å². The second-order valence-corrected chi connectivity index (χ2v) is 5.29. The number of hydrogen-bond donors (Lipinski definition) is 2. The molecule has 0 aliphatic heterocycles. The lowest BCUT2D eigenvalue weighted by Crippen LogP contribution is -2.27. The fourth-order valence-electron chi connectivity index (χ4n) is 2.14. The Morgan fingerprint density at radius 2 is 2.00 bits per heavy atom. The van der Waals surface area contributed by atoms with Crippen LogP contribution in [0.25, 0.3) is 0 Å². The summed E-state index contributed by atoms with van der Waals surface area (Å²) in [6.45, 7) is 2.29. The van der Waals surface area contributed by atoms with Gasteiger partial charge in [-0.15, -0.1) is 0 Å². The van der Waals surface area contributed by atoms with Gasteiger partial charge in [0.15, 0.2) is 11.6 Å². The van der Waals surface area contributed by atoms with Gasteiger partial charge in [0, 0.05) is 6.42 Å². The van der Waals surface area contributed by atoms with E-state index in [2.05, 4.69) is 5.32 Å². The van der Waals surface area contributed by atoms with Crippen LogP contribution in [0.3, 0.4) is 0 Å². The molecule has 0 aliphatic carbocycles. The molecule has 2 rings (SSSR count). The molecule has 0 aromatic heterocycles. The van der Waals surface area contributed by atoms with E-state index in [1.807, 2.05) is 25.1 Å². The van der Waals surface area contributed by atoms with Gasteiger partial charge in [-0.2, -0.15) is 0 Å². The van der Waals surface area contributed by atoms with Crippen molar-refractivity contribution in [1.29, 1.82) is 0 Å². The molecule has 2 aromatic carbocycles. The first-order valence-corrected chi connectivity index (χ1v) is 7.62. The molecule has 0 bridgehead atoms. The highest BCUT2D eigenvalue weighted by Crippen LogP contribution is 2.26. The molecule has 0 saturated heterocycles. The Balaban J connectivity index is 2.02. The Morgan fingerprint density at radius 1 is 1.26 bits per heavy atom. The van der Waals surface area contributed by atoms with Crippen LogP contribution in [0, 0.1) is 5.82 Å². The predicted molar refractivity (Wildman–Crippen MR) is 87.8 cm³/mol. The number of nitrogens with one attached hydrogen (secondary N) is 1. The monoisotopic (exact) mass is 316 g/mol. The number of carbonyl (C=O) groups excluding carboxylic acids is 1. The molecule has 1 unspecified atom stereocenters. The topological polar surface area (TPSA) is 64.4 Å². The zero-order chi connectivity index (χ0) is 16.7. The van der Waals surface area contributed by atoms with Gasteiger partial charge in [0.25, 0.3) is 0 Å². The maximum atomic E-state index is 14.2. The maximum absolute atomic E-state index is 14.2. The summed E-state index contributed by atoms with van der Waals surface area (Å²) in [5, 5.41) is 2.83. The number of ether oxygens (including phenoxy) is 1. The molecule has 0 heterocycles. The minimum Gasteiger partial charge on any atom is -0.454 e. The van der Waals surface area contributed by atoms with Crippen molar-refractivity contribution in [2.45, 2.75) is 25.8 Å². The van der Waals surface area contributed by atoms with E-state index in [4.69, 9.17) is 10.5 Å². The number of hydrogen-bond acceptors (Lipinski definition) is 3. The number of benzene rings is 2. The van der Waals surface area contributed by atoms with Crippen LogP contribution >= 0.6 is 0 Å². The summed E-state index contributed by atoms with van der Waals surface area (Å²) in [5.41, 5.74) is 6.06. The number of rotatable bonds is 7. The second-order valence-electron chi connectivity index (χ2n) is 5.29. The van der Waals surface area contributed by atoms with Gasteiger partial charge in [-0.1, -0.05) is 24.3 Å².